The van der Waals surface area contributed by atoms with Gasteiger partial charge in [0.15, 0.2) is 0 Å². The minimum Gasteiger partial charge on any atom is -0.292 e. The van der Waals surface area contributed by atoms with Crippen LogP contribution in [0.2, 0.25) is 0 Å². The molecule has 9 aromatic rings. The van der Waals surface area contributed by atoms with Crippen LogP contribution in [-0.2, 0) is 11.2 Å². The van der Waals surface area contributed by atoms with Crippen LogP contribution in [0.1, 0.15) is 17.8 Å². The van der Waals surface area contributed by atoms with Crippen molar-refractivity contribution in [2.45, 2.75) is 7.43 Å². The van der Waals surface area contributed by atoms with Crippen LogP contribution in [0.5, 0.6) is 0 Å². The summed E-state index contributed by atoms with van der Waals surface area (Å²) in [5.74, 6) is 0.959. The van der Waals surface area contributed by atoms with Crippen LogP contribution in [0.25, 0.3) is 50.4 Å². The van der Waals surface area contributed by atoms with Crippen LogP contribution in [0.3, 0.4) is 0 Å². The number of imidazole rings is 1. The van der Waals surface area contributed by atoms with Crippen LogP contribution in [0.15, 0.2) is 218 Å². The van der Waals surface area contributed by atoms with Crippen molar-refractivity contribution in [2.24, 2.45) is 0 Å². The molecule has 303 valence electrons. The minimum absolute atomic E-state index is 0. The molecular formula is C51H44Cl3FeN4O. The van der Waals surface area contributed by atoms with Crippen molar-refractivity contribution in [3.05, 3.63) is 224 Å². The number of benzene rings is 8. The summed E-state index contributed by atoms with van der Waals surface area (Å²) in [6.45, 7) is 0. The van der Waals surface area contributed by atoms with E-state index >= 15 is 0 Å². The fraction of sp³-hybridized carbons (Fsp3) is 0.0196. The summed E-state index contributed by atoms with van der Waals surface area (Å²) >= 11 is -1.33. The fourth-order valence-electron chi connectivity index (χ4n) is 6.33. The Hall–Kier alpha value is -6.11. The van der Waals surface area contributed by atoms with E-state index in [2.05, 4.69) is 125 Å². The number of para-hydroxylation sites is 6. The number of nitrogens with zero attached hydrogens (tertiary/aromatic N) is 2. The number of aromatic nitrogens is 2. The second kappa shape index (κ2) is 23.5. The molecule has 0 radical (unpaired) electrons. The van der Waals surface area contributed by atoms with E-state index in [1.165, 1.54) is 16.7 Å². The summed E-state index contributed by atoms with van der Waals surface area (Å²) in [5.41, 5.74) is 18.5. The van der Waals surface area contributed by atoms with Crippen LogP contribution in [0.4, 0.5) is 17.1 Å². The number of anilines is 3. The van der Waals surface area contributed by atoms with E-state index in [1.54, 1.807) is 12.1 Å². The largest absolute Gasteiger partial charge is 0.292 e. The normalized spacial score (nSPS) is 10.2. The maximum atomic E-state index is 10.0. The van der Waals surface area contributed by atoms with E-state index in [9.17, 15) is 4.79 Å². The van der Waals surface area contributed by atoms with E-state index in [-0.39, 0.29) is 7.43 Å². The third-order valence-electron chi connectivity index (χ3n) is 9.00. The molecule has 0 fully saturated rings. The Morgan fingerprint density at radius 3 is 1.50 bits per heavy atom. The van der Waals surface area contributed by atoms with E-state index in [4.69, 9.17) is 41.0 Å². The van der Waals surface area contributed by atoms with Gasteiger partial charge in [0, 0.05) is 27.9 Å². The second-order valence-corrected chi connectivity index (χ2v) is 18.3. The maximum absolute atomic E-state index is 10.0. The molecule has 0 unspecified atom stereocenters. The summed E-state index contributed by atoms with van der Waals surface area (Å²) in [5, 5.41) is 3.41. The zero-order valence-electron chi connectivity index (χ0n) is 31.7. The summed E-state index contributed by atoms with van der Waals surface area (Å²) in [4.78, 5) is 15.0. The zero-order valence-corrected chi connectivity index (χ0v) is 35.1. The van der Waals surface area contributed by atoms with Gasteiger partial charge in [0.25, 0.3) is 0 Å². The molecule has 0 atom stereocenters. The van der Waals surface area contributed by atoms with Crippen molar-refractivity contribution >= 4 is 64.7 Å². The van der Waals surface area contributed by atoms with Gasteiger partial charge in [0.1, 0.15) is 12.1 Å². The second-order valence-electron chi connectivity index (χ2n) is 12.8. The van der Waals surface area contributed by atoms with E-state index < -0.39 is 11.2 Å². The van der Waals surface area contributed by atoms with Crippen LogP contribution < -0.4 is 11.1 Å². The molecule has 9 heteroatoms. The predicted octanol–water partition coefficient (Wildman–Crippen LogP) is 15.2. The minimum atomic E-state index is -1.33. The van der Waals surface area contributed by atoms with E-state index in [1.807, 2.05) is 91.0 Å². The molecular weight excluding hydrogens is 847 g/mol. The molecule has 8 aromatic carbocycles. The van der Waals surface area contributed by atoms with Crippen molar-refractivity contribution in [2.75, 3.05) is 11.1 Å². The fourth-order valence-corrected chi connectivity index (χ4v) is 6.33. The number of rotatable bonds is 7. The van der Waals surface area contributed by atoms with E-state index in [0.29, 0.717) is 0 Å². The average molecular weight is 891 g/mol. The standard InChI is InChI=1S/C25H18N2.C18H16N2.C7H6O.CH4.3ClH.Fe/c1-3-11-19(12-4-1)21-15-7-9-17-23(21)27-24-18-10-8-16-22(24)26-25(27)20-13-5-2-6-14-20;19-16-11-5-7-13-18(16)20-17-12-6-4-10-15(17)14-8-2-1-3-9-14;8-6-7-4-2-1-3-5-7;;;;;/h1-18H;1-13,20H,19H2;1-6H;1H4;3*1H;/q;;;;;;;+3/p-3. The predicted molar refractivity (Wildman–Crippen MR) is 254 cm³/mol. The molecule has 0 bridgehead atoms. The summed E-state index contributed by atoms with van der Waals surface area (Å²) < 4.78 is 2.27. The van der Waals surface area contributed by atoms with Gasteiger partial charge in [0.2, 0.25) is 0 Å². The third kappa shape index (κ3) is 12.5. The number of nitrogens with two attached hydrogens (primary N) is 1. The molecule has 0 saturated heterocycles. The van der Waals surface area contributed by atoms with Crippen molar-refractivity contribution in [1.82, 2.24) is 9.55 Å². The topological polar surface area (TPSA) is 72.9 Å². The zero-order chi connectivity index (χ0) is 41.2. The smallest absolute Gasteiger partial charge is 0.145 e. The molecule has 0 aliphatic carbocycles. The van der Waals surface area contributed by atoms with Gasteiger partial charge in [-0.2, -0.15) is 0 Å². The first-order valence-corrected chi connectivity index (χ1v) is 23.1. The molecule has 0 spiro atoms. The molecule has 0 aliphatic rings. The molecule has 9 rings (SSSR count). The Balaban J connectivity index is 0.000000181. The number of nitrogen functional groups attached to an aromatic ring is 1. The van der Waals surface area contributed by atoms with Gasteiger partial charge in [0.05, 0.1) is 28.1 Å². The summed E-state index contributed by atoms with van der Waals surface area (Å²) in [7, 11) is 14.7. The number of carbonyl (C=O) groups excluding carboxylic acids is 1. The Morgan fingerprint density at radius 2 is 0.933 bits per heavy atom. The van der Waals surface area contributed by atoms with Crippen LogP contribution in [-0.4, -0.2) is 15.8 Å². The number of hydrogen-bond acceptors (Lipinski definition) is 4. The molecule has 1 heterocycles. The van der Waals surface area contributed by atoms with Gasteiger partial charge in [-0.05, 0) is 47.5 Å². The van der Waals surface area contributed by atoms with Gasteiger partial charge in [-0.25, -0.2) is 4.98 Å². The van der Waals surface area contributed by atoms with Crippen LogP contribution >= 0.6 is 30.3 Å². The summed E-state index contributed by atoms with van der Waals surface area (Å²) in [6, 6.07) is 73.2. The molecule has 1 aromatic heterocycles. The summed E-state index contributed by atoms with van der Waals surface area (Å²) in [6.07, 6.45) is 0.833. The number of halogens is 3. The first-order chi connectivity index (χ1) is 28.9. The molecule has 60 heavy (non-hydrogen) atoms. The SMILES string of the molecule is C.Nc1ccccc1Nc1ccccc1-c1ccccc1.O=Cc1ccccc1.[Cl][Fe]([Cl])[Cl].c1ccc(-c2ccccc2-n2c(-c3ccccc3)nc3ccccc32)cc1. The number of carbonyl (C=O) groups is 1. The Labute approximate surface area is 369 Å². The number of aldehydes is 1. The van der Waals surface area contributed by atoms with Crippen molar-refractivity contribution in [3.63, 3.8) is 0 Å². The van der Waals surface area contributed by atoms with Crippen molar-refractivity contribution < 1.29 is 16.0 Å². The monoisotopic (exact) mass is 889 g/mol. The number of hydrogen-bond donors (Lipinski definition) is 2. The average Bonchev–Trinajstić information content (AvgIpc) is 3.68. The maximum Gasteiger partial charge on any atom is 0.145 e. The number of nitrogens with one attached hydrogen (secondary N) is 1. The van der Waals surface area contributed by atoms with Gasteiger partial charge in [-0.15, -0.1) is 0 Å². The number of fused-ring (bicyclic) bond motifs is 1. The molecule has 0 amide bonds. The van der Waals surface area contributed by atoms with Gasteiger partial charge in [-0.1, -0.05) is 189 Å². The van der Waals surface area contributed by atoms with Gasteiger partial charge >= 0.3 is 41.5 Å². The first kappa shape index (κ1) is 45.0. The molecule has 0 saturated carbocycles. The van der Waals surface area contributed by atoms with Gasteiger partial charge in [-0.3, -0.25) is 9.36 Å². The van der Waals surface area contributed by atoms with Crippen LogP contribution in [0, 0.1) is 0 Å². The Bertz CT molecular complexity index is 2660. The van der Waals surface area contributed by atoms with Crippen molar-refractivity contribution in [3.8, 4) is 39.3 Å². The first-order valence-electron chi connectivity index (χ1n) is 18.5. The Kier molecular flexibility index (Phi) is 17.6. The Morgan fingerprint density at radius 1 is 0.500 bits per heavy atom. The molecule has 0 aliphatic heterocycles. The molecule has 5 nitrogen and oxygen atoms in total. The molecule has 3 N–H and O–H groups in total. The third-order valence-corrected chi connectivity index (χ3v) is 9.00. The quantitative estimate of drug-likeness (QED) is 0.0950. The van der Waals surface area contributed by atoms with Gasteiger partial charge < -0.3 is 11.1 Å². The van der Waals surface area contributed by atoms with Crippen molar-refractivity contribution in [1.29, 1.82) is 0 Å². The van der Waals surface area contributed by atoms with E-state index in [0.717, 1.165) is 62.6 Å².